The lowest BCUT2D eigenvalue weighted by Gasteiger charge is -2.06. The Morgan fingerprint density at radius 1 is 1.40 bits per heavy atom. The van der Waals surface area contributed by atoms with E-state index in [9.17, 15) is 9.59 Å². The Hall–Kier alpha value is -0.680. The maximum atomic E-state index is 11.5. The maximum absolute atomic E-state index is 11.5. The first-order valence-corrected chi connectivity index (χ1v) is 5.80. The van der Waals surface area contributed by atoms with E-state index in [1.807, 2.05) is 0 Å². The van der Waals surface area contributed by atoms with E-state index < -0.39 is 5.97 Å². The van der Waals surface area contributed by atoms with Crippen molar-refractivity contribution in [2.24, 2.45) is 0 Å². The number of hydrogen-bond acceptors (Lipinski definition) is 3. The zero-order valence-corrected chi connectivity index (χ0v) is 11.1. The molecular weight excluding hydrogens is 328 g/mol. The number of carbonyl (C=O) groups excluding carboxylic acids is 2. The zero-order chi connectivity index (χ0) is 11.4. The fourth-order valence-electron chi connectivity index (χ4n) is 1.02. The number of carbonyl (C=O) groups is 2. The molecule has 3 nitrogen and oxygen atoms in total. The number of halogens is 2. The van der Waals surface area contributed by atoms with Gasteiger partial charge in [0.25, 0.3) is 0 Å². The Balaban J connectivity index is 3.18. The van der Waals surface area contributed by atoms with E-state index in [1.165, 1.54) is 6.07 Å². The van der Waals surface area contributed by atoms with Gasteiger partial charge < -0.3 is 4.74 Å². The number of benzene rings is 1. The second kappa shape index (κ2) is 5.42. The summed E-state index contributed by atoms with van der Waals surface area (Å²) in [5.74, 6) is -0.444. The molecule has 0 radical (unpaired) electrons. The molecule has 0 aliphatic carbocycles. The standard InChI is InChI=1S/C10H8Br2O3/c1-2-15-10(14)7-3-6(5-13)8(11)4-9(7)12/h3-5H,2H2,1H3. The molecule has 0 fully saturated rings. The first-order chi connectivity index (χ1) is 7.10. The fraction of sp³-hybridized carbons (Fsp3) is 0.200. The minimum atomic E-state index is -0.444. The molecule has 0 amide bonds. The van der Waals surface area contributed by atoms with Crippen molar-refractivity contribution >= 4 is 44.1 Å². The molecule has 15 heavy (non-hydrogen) atoms. The summed E-state index contributed by atoms with van der Waals surface area (Å²) >= 11 is 6.45. The monoisotopic (exact) mass is 334 g/mol. The highest BCUT2D eigenvalue weighted by Gasteiger charge is 2.13. The number of hydrogen-bond donors (Lipinski definition) is 0. The van der Waals surface area contributed by atoms with Crippen LogP contribution < -0.4 is 0 Å². The molecule has 0 saturated carbocycles. The second-order valence-electron chi connectivity index (χ2n) is 2.69. The van der Waals surface area contributed by atoms with E-state index in [1.54, 1.807) is 13.0 Å². The molecule has 80 valence electrons. The molecule has 0 spiro atoms. The quantitative estimate of drug-likeness (QED) is 0.629. The molecule has 0 N–H and O–H groups in total. The topological polar surface area (TPSA) is 43.4 Å². The Morgan fingerprint density at radius 3 is 2.60 bits per heavy atom. The van der Waals surface area contributed by atoms with E-state index >= 15 is 0 Å². The van der Waals surface area contributed by atoms with Crippen molar-refractivity contribution in [1.82, 2.24) is 0 Å². The van der Waals surface area contributed by atoms with Crippen LogP contribution in [0.1, 0.15) is 27.6 Å². The van der Waals surface area contributed by atoms with Crippen molar-refractivity contribution in [2.45, 2.75) is 6.92 Å². The molecule has 0 saturated heterocycles. The Labute approximate surface area is 104 Å². The SMILES string of the molecule is CCOC(=O)c1cc(C=O)c(Br)cc1Br. The summed E-state index contributed by atoms with van der Waals surface area (Å²) in [5, 5.41) is 0. The van der Waals surface area contributed by atoms with Gasteiger partial charge in [0.05, 0.1) is 12.2 Å². The highest BCUT2D eigenvalue weighted by Crippen LogP contribution is 2.25. The molecule has 1 rings (SSSR count). The van der Waals surface area contributed by atoms with E-state index in [-0.39, 0.29) is 0 Å². The van der Waals surface area contributed by atoms with Crippen LogP contribution in [0.25, 0.3) is 0 Å². The summed E-state index contributed by atoms with van der Waals surface area (Å²) in [4.78, 5) is 22.1. The molecule has 0 heterocycles. The molecule has 0 bridgehead atoms. The predicted octanol–water partition coefficient (Wildman–Crippen LogP) is 3.20. The van der Waals surface area contributed by atoms with Crippen LogP contribution in [0.5, 0.6) is 0 Å². The van der Waals surface area contributed by atoms with Gasteiger partial charge in [-0.1, -0.05) is 15.9 Å². The first kappa shape index (κ1) is 12.4. The van der Waals surface area contributed by atoms with Gasteiger partial charge in [-0.15, -0.1) is 0 Å². The summed E-state index contributed by atoms with van der Waals surface area (Å²) in [6.07, 6.45) is 0.680. The lowest BCUT2D eigenvalue weighted by molar-refractivity contribution is 0.0525. The smallest absolute Gasteiger partial charge is 0.339 e. The maximum Gasteiger partial charge on any atom is 0.339 e. The van der Waals surface area contributed by atoms with Crippen molar-refractivity contribution in [3.63, 3.8) is 0 Å². The first-order valence-electron chi connectivity index (χ1n) is 4.21. The predicted molar refractivity (Wildman–Crippen MR) is 63.2 cm³/mol. The highest BCUT2D eigenvalue weighted by molar-refractivity contribution is 9.11. The van der Waals surface area contributed by atoms with Crippen LogP contribution >= 0.6 is 31.9 Å². The minimum Gasteiger partial charge on any atom is -0.462 e. The van der Waals surface area contributed by atoms with E-state index in [0.717, 1.165) is 0 Å². The van der Waals surface area contributed by atoms with Gasteiger partial charge in [0.15, 0.2) is 6.29 Å². The van der Waals surface area contributed by atoms with Crippen molar-refractivity contribution in [2.75, 3.05) is 6.61 Å². The molecule has 0 aliphatic heterocycles. The lowest BCUT2D eigenvalue weighted by atomic mass is 10.1. The van der Waals surface area contributed by atoms with Crippen molar-refractivity contribution in [3.05, 3.63) is 32.2 Å². The van der Waals surface area contributed by atoms with Crippen LogP contribution in [-0.4, -0.2) is 18.9 Å². The van der Waals surface area contributed by atoms with Crippen LogP contribution in [0.4, 0.5) is 0 Å². The Bertz CT molecular complexity index is 402. The van der Waals surface area contributed by atoms with Gasteiger partial charge in [0.1, 0.15) is 0 Å². The van der Waals surface area contributed by atoms with Crippen LogP contribution in [0.15, 0.2) is 21.1 Å². The third-order valence-electron chi connectivity index (χ3n) is 1.71. The molecule has 0 aromatic heterocycles. The molecule has 1 aromatic carbocycles. The number of rotatable bonds is 3. The van der Waals surface area contributed by atoms with E-state index in [4.69, 9.17) is 4.74 Å². The number of esters is 1. The van der Waals surface area contributed by atoms with Gasteiger partial charge >= 0.3 is 5.97 Å². The van der Waals surface area contributed by atoms with Gasteiger partial charge in [0, 0.05) is 14.5 Å². The summed E-state index contributed by atoms with van der Waals surface area (Å²) in [7, 11) is 0. The molecule has 1 aromatic rings. The van der Waals surface area contributed by atoms with Gasteiger partial charge in [-0.3, -0.25) is 4.79 Å². The van der Waals surface area contributed by atoms with Crippen molar-refractivity contribution in [3.8, 4) is 0 Å². The zero-order valence-electron chi connectivity index (χ0n) is 7.92. The lowest BCUT2D eigenvalue weighted by Crippen LogP contribution is -2.06. The number of aldehydes is 1. The highest BCUT2D eigenvalue weighted by atomic mass is 79.9. The normalized spacial score (nSPS) is 9.80. The van der Waals surface area contributed by atoms with Gasteiger partial charge in [-0.2, -0.15) is 0 Å². The fourth-order valence-corrected chi connectivity index (χ4v) is 2.27. The molecule has 5 heteroatoms. The van der Waals surface area contributed by atoms with Crippen LogP contribution in [0.2, 0.25) is 0 Å². The summed E-state index contributed by atoms with van der Waals surface area (Å²) in [6.45, 7) is 2.03. The summed E-state index contributed by atoms with van der Waals surface area (Å²) in [6, 6.07) is 3.13. The summed E-state index contributed by atoms with van der Waals surface area (Å²) in [5.41, 5.74) is 0.767. The molecule has 0 unspecified atom stereocenters. The van der Waals surface area contributed by atoms with Crippen LogP contribution in [0, 0.1) is 0 Å². The largest absolute Gasteiger partial charge is 0.462 e. The Morgan fingerprint density at radius 2 is 2.07 bits per heavy atom. The molecule has 0 aliphatic rings. The Kier molecular flexibility index (Phi) is 4.47. The van der Waals surface area contributed by atoms with E-state index in [2.05, 4.69) is 31.9 Å². The third-order valence-corrected chi connectivity index (χ3v) is 3.05. The van der Waals surface area contributed by atoms with E-state index in [0.29, 0.717) is 33.0 Å². The second-order valence-corrected chi connectivity index (χ2v) is 4.40. The average Bonchev–Trinajstić information content (AvgIpc) is 2.18. The summed E-state index contributed by atoms with van der Waals surface area (Å²) < 4.78 is 6.08. The molecular formula is C10H8Br2O3. The van der Waals surface area contributed by atoms with Gasteiger partial charge in [-0.25, -0.2) is 4.79 Å². The van der Waals surface area contributed by atoms with Gasteiger partial charge in [0.2, 0.25) is 0 Å². The van der Waals surface area contributed by atoms with Crippen LogP contribution in [0.3, 0.4) is 0 Å². The minimum absolute atomic E-state index is 0.303. The van der Waals surface area contributed by atoms with Crippen molar-refractivity contribution < 1.29 is 14.3 Å². The average molecular weight is 336 g/mol. The van der Waals surface area contributed by atoms with Crippen molar-refractivity contribution in [1.29, 1.82) is 0 Å². The molecule has 0 atom stereocenters. The van der Waals surface area contributed by atoms with Gasteiger partial charge in [-0.05, 0) is 35.0 Å². The number of ether oxygens (including phenoxy) is 1. The van der Waals surface area contributed by atoms with Crippen LogP contribution in [-0.2, 0) is 4.74 Å². The third kappa shape index (κ3) is 2.89.